The summed E-state index contributed by atoms with van der Waals surface area (Å²) in [6.45, 7) is 0.406. The van der Waals surface area contributed by atoms with Crippen LogP contribution in [0.1, 0.15) is 5.76 Å². The molecule has 0 aliphatic rings. The quantitative estimate of drug-likeness (QED) is 0.898. The van der Waals surface area contributed by atoms with Crippen molar-refractivity contribution in [3.8, 4) is 5.75 Å². The Balaban J connectivity index is 2.68. The molecule has 1 aromatic carbocycles. The number of furan rings is 1. The zero-order chi connectivity index (χ0) is 10.1. The lowest BCUT2D eigenvalue weighted by atomic mass is 10.2. The van der Waals surface area contributed by atoms with Crippen LogP contribution in [0.4, 0.5) is 0 Å². The third kappa shape index (κ3) is 1.40. The number of nitrogens with two attached hydrogens (primary N) is 1. The fourth-order valence-electron chi connectivity index (χ4n) is 1.37. The van der Waals surface area contributed by atoms with E-state index in [1.165, 1.54) is 0 Å². The molecule has 0 radical (unpaired) electrons. The molecule has 14 heavy (non-hydrogen) atoms. The third-order valence-electron chi connectivity index (χ3n) is 2.07. The van der Waals surface area contributed by atoms with E-state index in [4.69, 9.17) is 14.9 Å². The highest BCUT2D eigenvalue weighted by molar-refractivity contribution is 9.10. The Bertz CT molecular complexity index is 464. The van der Waals surface area contributed by atoms with Gasteiger partial charge in [0, 0.05) is 5.39 Å². The van der Waals surface area contributed by atoms with E-state index in [1.807, 2.05) is 18.2 Å². The van der Waals surface area contributed by atoms with Crippen LogP contribution in [0.5, 0.6) is 5.75 Å². The summed E-state index contributed by atoms with van der Waals surface area (Å²) in [4.78, 5) is 0. The predicted molar refractivity (Wildman–Crippen MR) is 58.4 cm³/mol. The molecule has 74 valence electrons. The van der Waals surface area contributed by atoms with Gasteiger partial charge in [-0.15, -0.1) is 0 Å². The Morgan fingerprint density at radius 3 is 2.93 bits per heavy atom. The van der Waals surface area contributed by atoms with Crippen molar-refractivity contribution >= 4 is 26.9 Å². The lowest BCUT2D eigenvalue weighted by Crippen LogP contribution is -1.92. The van der Waals surface area contributed by atoms with Crippen LogP contribution < -0.4 is 10.5 Å². The van der Waals surface area contributed by atoms with E-state index in [1.54, 1.807) is 7.11 Å². The molecule has 0 saturated heterocycles. The van der Waals surface area contributed by atoms with Gasteiger partial charge < -0.3 is 14.9 Å². The molecule has 2 N–H and O–H groups in total. The van der Waals surface area contributed by atoms with Gasteiger partial charge in [-0.05, 0) is 34.1 Å². The Morgan fingerprint density at radius 2 is 2.29 bits per heavy atom. The lowest BCUT2D eigenvalue weighted by Gasteiger charge is -2.01. The number of fused-ring (bicyclic) bond motifs is 1. The van der Waals surface area contributed by atoms with Crippen molar-refractivity contribution in [3.63, 3.8) is 0 Å². The highest BCUT2D eigenvalue weighted by atomic mass is 79.9. The van der Waals surface area contributed by atoms with Gasteiger partial charge in [0.15, 0.2) is 0 Å². The molecule has 1 heterocycles. The first-order valence-electron chi connectivity index (χ1n) is 4.21. The van der Waals surface area contributed by atoms with Crippen LogP contribution in [0.2, 0.25) is 0 Å². The Labute approximate surface area is 90.0 Å². The van der Waals surface area contributed by atoms with E-state index >= 15 is 0 Å². The van der Waals surface area contributed by atoms with Crippen molar-refractivity contribution in [2.24, 2.45) is 5.73 Å². The minimum Gasteiger partial charge on any atom is -0.496 e. The van der Waals surface area contributed by atoms with E-state index in [0.717, 1.165) is 27.0 Å². The smallest absolute Gasteiger partial charge is 0.135 e. The number of halogens is 1. The van der Waals surface area contributed by atoms with Gasteiger partial charge in [0.2, 0.25) is 0 Å². The summed E-state index contributed by atoms with van der Waals surface area (Å²) < 4.78 is 11.6. The number of ether oxygens (including phenoxy) is 1. The molecule has 0 saturated carbocycles. The van der Waals surface area contributed by atoms with Gasteiger partial charge in [-0.1, -0.05) is 0 Å². The Hall–Kier alpha value is -1.00. The summed E-state index contributed by atoms with van der Waals surface area (Å²) in [7, 11) is 1.63. The topological polar surface area (TPSA) is 48.4 Å². The molecule has 0 aliphatic heterocycles. The molecule has 0 unspecified atom stereocenters. The van der Waals surface area contributed by atoms with Crippen LogP contribution in [-0.2, 0) is 6.54 Å². The predicted octanol–water partition coefficient (Wildman–Crippen LogP) is 2.66. The molecule has 2 rings (SSSR count). The molecular formula is C10H10BrNO2. The normalized spacial score (nSPS) is 10.8. The molecule has 3 nitrogen and oxygen atoms in total. The maximum Gasteiger partial charge on any atom is 0.135 e. The van der Waals surface area contributed by atoms with Gasteiger partial charge >= 0.3 is 0 Å². The maximum absolute atomic E-state index is 5.49. The van der Waals surface area contributed by atoms with Gasteiger partial charge in [0.25, 0.3) is 0 Å². The molecule has 0 atom stereocenters. The SMILES string of the molecule is COc1ccc2oc(CN)cc2c1Br. The number of hydrogen-bond acceptors (Lipinski definition) is 3. The summed E-state index contributed by atoms with van der Waals surface area (Å²) in [6, 6.07) is 5.65. The Morgan fingerprint density at radius 1 is 1.50 bits per heavy atom. The number of benzene rings is 1. The second-order valence-electron chi connectivity index (χ2n) is 2.91. The zero-order valence-electron chi connectivity index (χ0n) is 7.71. The molecule has 0 aliphatic carbocycles. The second-order valence-corrected chi connectivity index (χ2v) is 3.70. The van der Waals surface area contributed by atoms with Gasteiger partial charge in [-0.3, -0.25) is 0 Å². The number of methoxy groups -OCH3 is 1. The fourth-order valence-corrected chi connectivity index (χ4v) is 1.97. The van der Waals surface area contributed by atoms with Crippen LogP contribution in [-0.4, -0.2) is 7.11 Å². The molecule has 0 bridgehead atoms. The van der Waals surface area contributed by atoms with Crippen LogP contribution in [0.25, 0.3) is 11.0 Å². The van der Waals surface area contributed by atoms with Crippen molar-refractivity contribution < 1.29 is 9.15 Å². The van der Waals surface area contributed by atoms with Gasteiger partial charge in [0.05, 0.1) is 18.1 Å². The third-order valence-corrected chi connectivity index (χ3v) is 2.89. The molecule has 0 spiro atoms. The summed E-state index contributed by atoms with van der Waals surface area (Å²) >= 11 is 3.46. The molecular weight excluding hydrogens is 246 g/mol. The molecule has 2 aromatic rings. The minimum atomic E-state index is 0.406. The lowest BCUT2D eigenvalue weighted by molar-refractivity contribution is 0.412. The van der Waals surface area contributed by atoms with E-state index in [9.17, 15) is 0 Å². The van der Waals surface area contributed by atoms with Crippen LogP contribution >= 0.6 is 15.9 Å². The van der Waals surface area contributed by atoms with Crippen LogP contribution in [0, 0.1) is 0 Å². The van der Waals surface area contributed by atoms with Gasteiger partial charge in [0.1, 0.15) is 17.1 Å². The standard InChI is InChI=1S/C10H10BrNO2/c1-13-9-3-2-8-7(10(9)11)4-6(5-12)14-8/h2-4H,5,12H2,1H3. The first kappa shape index (κ1) is 9.55. The highest BCUT2D eigenvalue weighted by Gasteiger charge is 2.09. The van der Waals surface area contributed by atoms with E-state index in [0.29, 0.717) is 6.54 Å². The second kappa shape index (κ2) is 3.63. The van der Waals surface area contributed by atoms with Gasteiger partial charge in [-0.2, -0.15) is 0 Å². The zero-order valence-corrected chi connectivity index (χ0v) is 9.30. The summed E-state index contributed by atoms with van der Waals surface area (Å²) in [5.41, 5.74) is 6.31. The molecule has 0 amide bonds. The van der Waals surface area contributed by atoms with E-state index < -0.39 is 0 Å². The van der Waals surface area contributed by atoms with Crippen molar-refractivity contribution in [1.29, 1.82) is 0 Å². The fraction of sp³-hybridized carbons (Fsp3) is 0.200. The summed E-state index contributed by atoms with van der Waals surface area (Å²) in [6.07, 6.45) is 0. The first-order chi connectivity index (χ1) is 6.76. The number of hydrogen-bond donors (Lipinski definition) is 1. The maximum atomic E-state index is 5.49. The molecule has 0 fully saturated rings. The average Bonchev–Trinajstić information content (AvgIpc) is 2.62. The summed E-state index contributed by atoms with van der Waals surface area (Å²) in [5.74, 6) is 1.57. The Kier molecular flexibility index (Phi) is 2.48. The average molecular weight is 256 g/mol. The minimum absolute atomic E-state index is 0.406. The molecule has 4 heteroatoms. The first-order valence-corrected chi connectivity index (χ1v) is 5.00. The van der Waals surface area contributed by atoms with E-state index in [-0.39, 0.29) is 0 Å². The largest absolute Gasteiger partial charge is 0.496 e. The van der Waals surface area contributed by atoms with Crippen molar-refractivity contribution in [3.05, 3.63) is 28.4 Å². The van der Waals surface area contributed by atoms with Crippen molar-refractivity contribution in [1.82, 2.24) is 0 Å². The van der Waals surface area contributed by atoms with Crippen LogP contribution in [0.3, 0.4) is 0 Å². The monoisotopic (exact) mass is 255 g/mol. The van der Waals surface area contributed by atoms with Crippen molar-refractivity contribution in [2.75, 3.05) is 7.11 Å². The van der Waals surface area contributed by atoms with Crippen LogP contribution in [0.15, 0.2) is 27.1 Å². The van der Waals surface area contributed by atoms with Gasteiger partial charge in [-0.25, -0.2) is 0 Å². The van der Waals surface area contributed by atoms with E-state index in [2.05, 4.69) is 15.9 Å². The summed E-state index contributed by atoms with van der Waals surface area (Å²) in [5, 5.41) is 0.991. The highest BCUT2D eigenvalue weighted by Crippen LogP contribution is 2.34. The van der Waals surface area contributed by atoms with Crippen molar-refractivity contribution in [2.45, 2.75) is 6.54 Å². The molecule has 1 aromatic heterocycles. The number of rotatable bonds is 2.